The Labute approximate surface area is 611 Å². The van der Waals surface area contributed by atoms with Crippen LogP contribution in [0.4, 0.5) is 0 Å². The summed E-state index contributed by atoms with van der Waals surface area (Å²) >= 11 is 0. The van der Waals surface area contributed by atoms with Crippen molar-refractivity contribution in [2.24, 2.45) is 28.2 Å². The highest BCUT2D eigenvalue weighted by molar-refractivity contribution is 6.21. The molecule has 0 amide bonds. The van der Waals surface area contributed by atoms with Crippen LogP contribution in [0.3, 0.4) is 0 Å². The number of aryl methyl sites for hydroxylation is 9. The molecule has 516 valence electrons. The van der Waals surface area contributed by atoms with Crippen molar-refractivity contribution in [3.63, 3.8) is 0 Å². The van der Waals surface area contributed by atoms with Gasteiger partial charge in [-0.3, -0.25) is 4.98 Å². The van der Waals surface area contributed by atoms with E-state index in [-0.39, 0.29) is 5.69 Å². The van der Waals surface area contributed by atoms with Crippen LogP contribution in [0.1, 0.15) is 57.5 Å². The van der Waals surface area contributed by atoms with E-state index < -0.39 is 6.85 Å². The van der Waals surface area contributed by atoms with E-state index in [1.165, 1.54) is 11.1 Å². The number of benzene rings is 9. The average Bonchev–Trinajstić information content (AvgIpc) is 1.60. The van der Waals surface area contributed by atoms with Crippen LogP contribution in [-0.2, 0) is 28.2 Å². The molecule has 106 heavy (non-hydrogen) atoms. The highest BCUT2D eigenvalue weighted by Crippen LogP contribution is 2.45. The van der Waals surface area contributed by atoms with Gasteiger partial charge in [0.2, 0.25) is 22.8 Å². The van der Waals surface area contributed by atoms with Crippen LogP contribution in [0.25, 0.3) is 189 Å². The minimum Gasteiger partial charge on any atom is -0.425 e. The number of nitrogens with zero attached hydrogens (tertiary/aromatic N) is 8. The van der Waals surface area contributed by atoms with E-state index in [0.29, 0.717) is 29.0 Å². The zero-order valence-electron chi connectivity index (χ0n) is 62.9. The summed E-state index contributed by atoms with van der Waals surface area (Å²) in [5, 5.41) is 12.6. The van der Waals surface area contributed by atoms with Crippen molar-refractivity contribution in [2.75, 3.05) is 0 Å². The zero-order chi connectivity index (χ0) is 74.8. The number of para-hydroxylation sites is 4. The maximum absolute atomic E-state index is 7.54. The first-order valence-corrected chi connectivity index (χ1v) is 35.1. The summed E-state index contributed by atoms with van der Waals surface area (Å²) in [6.07, 6.45) is 16.8. The van der Waals surface area contributed by atoms with Gasteiger partial charge < -0.3 is 35.3 Å². The van der Waals surface area contributed by atoms with Gasteiger partial charge in [0.1, 0.15) is 90.6 Å². The maximum Gasteiger partial charge on any atom is 0.299 e. The molecule has 0 aliphatic heterocycles. The lowest BCUT2D eigenvalue weighted by molar-refractivity contribution is -0.661. The van der Waals surface area contributed by atoms with E-state index in [0.717, 1.165) is 182 Å². The SMILES string of the molecule is Cc1cc2c(cc1-c1cnc(C(C)C)c[n+]1C)oc1oc3ccccc3c12.Cc1cc2c(cc1-c1cncc[n+]1C)oc1oc3ccccc3c12.Cc1ccc2c(oc3oc4ccccc4c32)c1-c1cnc(-c2ccccc2)c[n+]1C.[2H]C([2H])([2H])c1c[n+](C)c(-c2cc3oc4oc5ccccc5c4c3cc2C)cn1. The first kappa shape index (κ1) is 61.3. The minimum atomic E-state index is -2.23. The summed E-state index contributed by atoms with van der Waals surface area (Å²) < 4.78 is 78.6. The number of rotatable bonds is 6. The Morgan fingerprint density at radius 1 is 0.358 bits per heavy atom. The van der Waals surface area contributed by atoms with Gasteiger partial charge in [-0.2, -0.15) is 18.3 Å². The van der Waals surface area contributed by atoms with Crippen molar-refractivity contribution < 1.29 is 57.7 Å². The molecule has 0 spiro atoms. The minimum absolute atomic E-state index is 0.0689. The first-order chi connectivity index (χ1) is 52.8. The molecular weight excluding hydrogens is 1320 g/mol. The number of furan rings is 8. The summed E-state index contributed by atoms with van der Waals surface area (Å²) in [5.41, 5.74) is 22.4. The van der Waals surface area contributed by atoms with Gasteiger partial charge in [-0.05, 0) is 117 Å². The van der Waals surface area contributed by atoms with E-state index in [1.54, 1.807) is 23.2 Å². The molecule has 12 heterocycles. The van der Waals surface area contributed by atoms with Crippen LogP contribution in [0.2, 0.25) is 0 Å². The summed E-state index contributed by atoms with van der Waals surface area (Å²) in [4.78, 5) is 17.8. The van der Waals surface area contributed by atoms with Gasteiger partial charge in [0.15, 0.2) is 30.4 Å². The highest BCUT2D eigenvalue weighted by atomic mass is 16.5. The monoisotopic (exact) mass is 1400 g/mol. The van der Waals surface area contributed by atoms with E-state index in [4.69, 9.17) is 44.4 Å². The van der Waals surface area contributed by atoms with Crippen LogP contribution in [0.15, 0.2) is 267 Å². The second kappa shape index (κ2) is 25.6. The predicted molar refractivity (Wildman–Crippen MR) is 415 cm³/mol. The molecule has 21 aromatic rings. The molecule has 9 aromatic carbocycles. The Hall–Kier alpha value is -13.3. The molecule has 0 atom stereocenters. The molecular formula is C90H72N8O8+4. The normalized spacial score (nSPS) is 12.3. The first-order valence-electron chi connectivity index (χ1n) is 36.6. The Morgan fingerprint density at radius 2 is 0.774 bits per heavy atom. The summed E-state index contributed by atoms with van der Waals surface area (Å²) in [6, 6.07) is 59.0. The lowest BCUT2D eigenvalue weighted by atomic mass is 10.0. The van der Waals surface area contributed by atoms with Gasteiger partial charge in [0, 0.05) is 58.7 Å². The topological polar surface area (TPSA) is 172 Å². The van der Waals surface area contributed by atoms with Crippen molar-refractivity contribution in [3.8, 4) is 56.3 Å². The third kappa shape index (κ3) is 11.0. The number of aromatic nitrogens is 8. The van der Waals surface area contributed by atoms with Crippen molar-refractivity contribution in [1.29, 1.82) is 0 Å². The molecule has 16 nitrogen and oxygen atoms in total. The van der Waals surface area contributed by atoms with Crippen LogP contribution in [0.5, 0.6) is 0 Å². The van der Waals surface area contributed by atoms with Crippen LogP contribution in [0, 0.1) is 34.5 Å². The predicted octanol–water partition coefficient (Wildman–Crippen LogP) is 21.2. The molecule has 16 heteroatoms. The highest BCUT2D eigenvalue weighted by Gasteiger charge is 2.28. The molecule has 21 rings (SSSR count). The molecule has 0 aliphatic carbocycles. The fraction of sp³-hybridized carbons (Fsp3) is 0.133. The molecule has 0 saturated carbocycles. The molecule has 0 aliphatic rings. The van der Waals surface area contributed by atoms with E-state index >= 15 is 0 Å². The largest absolute Gasteiger partial charge is 0.425 e. The Kier molecular flexibility index (Phi) is 14.8. The molecule has 0 fully saturated rings. The maximum atomic E-state index is 7.54. The van der Waals surface area contributed by atoms with Crippen molar-refractivity contribution in [2.45, 2.75) is 54.3 Å². The fourth-order valence-electron chi connectivity index (χ4n) is 14.9. The standard InChI is InChI=1S/C26H19N2O2.C23H21N2O2.C21H17N2O2.C20H15N2O2/c1-16-12-13-19-24-18-10-6-7-11-22(18)29-26(24)30-25(19)23(16)21-14-27-20(15-28(21)2)17-8-4-3-5-9-17;1-13(2)18-12-25(4)19(11-24-18)16-10-21-17(9-14(16)3)22-15-7-5-6-8-20(15)26-23(22)27-21;1-12-8-16-19(9-15(12)17-10-22-13(2)11-23(17)3)25-21-20(16)14-6-4-5-7-18(14)24-21;1-12-9-15-18(10-14(12)16-11-21-7-8-22(16)2)24-20-19(15)13-5-3-4-6-17(13)23-20/h3-15H,1-2H3;5-13H,1-4H3;4-11H,1-3H3;3-11H,1-2H3/q4*+1/i;;2D3;. The van der Waals surface area contributed by atoms with E-state index in [1.807, 2.05) is 156 Å². The van der Waals surface area contributed by atoms with Gasteiger partial charge in [-0.15, -0.1) is 0 Å². The summed E-state index contributed by atoms with van der Waals surface area (Å²) in [5.74, 6) is 2.64. The lowest BCUT2D eigenvalue weighted by Gasteiger charge is -2.07. The van der Waals surface area contributed by atoms with Crippen molar-refractivity contribution >= 4 is 132 Å². The van der Waals surface area contributed by atoms with Gasteiger partial charge in [-0.25, -0.2) is 15.0 Å². The molecule has 12 aromatic heterocycles. The summed E-state index contributed by atoms with van der Waals surface area (Å²) in [6.45, 7) is 10.4. The van der Waals surface area contributed by atoms with Crippen LogP contribution >= 0.6 is 0 Å². The molecule has 0 unspecified atom stereocenters. The molecule has 0 N–H and O–H groups in total. The average molecular weight is 1400 g/mol. The van der Waals surface area contributed by atoms with Gasteiger partial charge >= 0.3 is 0 Å². The van der Waals surface area contributed by atoms with Gasteiger partial charge in [0.05, 0.1) is 68.6 Å². The Balaban J connectivity index is 0.000000102. The third-order valence-corrected chi connectivity index (χ3v) is 20.3. The van der Waals surface area contributed by atoms with Crippen LogP contribution < -0.4 is 18.3 Å². The Morgan fingerprint density at radius 3 is 1.23 bits per heavy atom. The zero-order valence-corrected chi connectivity index (χ0v) is 59.9. The molecule has 0 saturated heterocycles. The van der Waals surface area contributed by atoms with Crippen LogP contribution in [-0.4, -0.2) is 19.9 Å². The second-order valence-electron chi connectivity index (χ2n) is 27.5. The van der Waals surface area contributed by atoms with Crippen molar-refractivity contribution in [3.05, 3.63) is 265 Å². The quantitative estimate of drug-likeness (QED) is 0.144. The summed E-state index contributed by atoms with van der Waals surface area (Å²) in [7, 11) is 7.94. The fourth-order valence-corrected chi connectivity index (χ4v) is 14.9. The number of fused-ring (bicyclic) bond motifs is 20. The third-order valence-electron chi connectivity index (χ3n) is 20.3. The smallest absolute Gasteiger partial charge is 0.299 e. The van der Waals surface area contributed by atoms with E-state index in [9.17, 15) is 0 Å². The Bertz CT molecular complexity index is 7210. The van der Waals surface area contributed by atoms with Crippen molar-refractivity contribution in [1.82, 2.24) is 19.9 Å². The lowest BCUT2D eigenvalue weighted by Crippen LogP contribution is -2.32. The van der Waals surface area contributed by atoms with Gasteiger partial charge in [0.25, 0.3) is 23.1 Å². The van der Waals surface area contributed by atoms with E-state index in [2.05, 4.69) is 156 Å². The number of hydrogen-bond donors (Lipinski definition) is 0. The van der Waals surface area contributed by atoms with Gasteiger partial charge in [-0.1, -0.05) is 129 Å². The molecule has 0 radical (unpaired) electrons. The second-order valence-corrected chi connectivity index (χ2v) is 27.5. The number of hydrogen-bond acceptors (Lipinski definition) is 12. The molecule has 0 bridgehead atoms.